The number of carbonyl (C=O) groups is 11. The minimum atomic E-state index is -1.17. The van der Waals surface area contributed by atoms with Crippen molar-refractivity contribution in [2.75, 3.05) is 58.2 Å². The Morgan fingerprint density at radius 2 is 1.29 bits per heavy atom. The number of aliphatic carboxylic acids is 1. The van der Waals surface area contributed by atoms with Gasteiger partial charge in [0, 0.05) is 102 Å². The second kappa shape index (κ2) is 39.1. The van der Waals surface area contributed by atoms with E-state index in [0.29, 0.717) is 123 Å². The maximum absolute atomic E-state index is 12.8. The number of carboxylic acids is 1. The predicted octanol–water partition coefficient (Wildman–Crippen LogP) is 4.63. The Morgan fingerprint density at radius 3 is 1.92 bits per heavy atom. The van der Waals surface area contributed by atoms with Crippen molar-refractivity contribution in [1.29, 1.82) is 5.41 Å². The van der Waals surface area contributed by atoms with Crippen LogP contribution in [0.1, 0.15) is 165 Å². The lowest BCUT2D eigenvalue weighted by molar-refractivity contribution is -0.166. The molecule has 1 unspecified atom stereocenters. The molecule has 436 valence electrons. The van der Waals surface area contributed by atoms with Crippen LogP contribution in [0.4, 0.5) is 0 Å². The number of rotatable bonds is 44. The molecule has 1 aliphatic heterocycles. The zero-order valence-electron chi connectivity index (χ0n) is 45.3. The van der Waals surface area contributed by atoms with Crippen LogP contribution in [0.15, 0.2) is 24.3 Å². The van der Waals surface area contributed by atoms with Gasteiger partial charge in [-0.15, -0.1) is 11.8 Å². The third-order valence-electron chi connectivity index (χ3n) is 12.6. The molecule has 1 heterocycles. The van der Waals surface area contributed by atoms with Crippen molar-refractivity contribution in [3.05, 3.63) is 29.8 Å². The molecule has 0 saturated carbocycles. The van der Waals surface area contributed by atoms with Crippen molar-refractivity contribution in [2.45, 2.75) is 160 Å². The predicted molar refractivity (Wildman–Crippen MR) is 286 cm³/mol. The summed E-state index contributed by atoms with van der Waals surface area (Å²) in [5, 5.41) is 56.0. The van der Waals surface area contributed by atoms with Crippen molar-refractivity contribution in [1.82, 2.24) is 36.0 Å². The van der Waals surface area contributed by atoms with E-state index in [1.165, 1.54) is 41.8 Å². The van der Waals surface area contributed by atoms with Gasteiger partial charge in [0.2, 0.25) is 35.4 Å². The van der Waals surface area contributed by atoms with Crippen molar-refractivity contribution < 1.29 is 78.2 Å². The van der Waals surface area contributed by atoms with E-state index in [1.807, 2.05) is 0 Å². The maximum Gasteiger partial charge on any atom is 0.306 e. The third kappa shape index (κ3) is 30.0. The highest BCUT2D eigenvalue weighted by atomic mass is 32.2. The molecule has 2 atom stereocenters. The molecule has 24 nitrogen and oxygen atoms in total. The van der Waals surface area contributed by atoms with Crippen molar-refractivity contribution in [3.63, 3.8) is 0 Å². The monoisotopic (exact) mass is 1120 g/mol. The first kappa shape index (κ1) is 67.8. The van der Waals surface area contributed by atoms with Crippen molar-refractivity contribution in [3.8, 4) is 5.75 Å². The van der Waals surface area contributed by atoms with E-state index in [1.54, 1.807) is 13.0 Å². The molecular formula is C53H82N8O16S. The molecule has 0 bridgehead atoms. The number of nitrogens with zero attached hydrogens (tertiary/aromatic N) is 4. The smallest absolute Gasteiger partial charge is 0.306 e. The quantitative estimate of drug-likeness (QED) is 0.0145. The number of ketones is 2. The number of unbranched alkanes of at least 4 members (excludes halogenated alkanes) is 8. The number of hydroxylamine groups is 6. The van der Waals surface area contributed by atoms with Crippen LogP contribution in [0.2, 0.25) is 0 Å². The minimum absolute atomic E-state index is 0.0226. The number of nitrogens with one attached hydrogen (secondary N) is 4. The van der Waals surface area contributed by atoms with Gasteiger partial charge in [0.25, 0.3) is 11.8 Å². The highest BCUT2D eigenvalue weighted by molar-refractivity contribution is 8.00. The van der Waals surface area contributed by atoms with Crippen molar-refractivity contribution >= 4 is 82.3 Å². The molecule has 2 rings (SSSR count). The van der Waals surface area contributed by atoms with Gasteiger partial charge in [0.15, 0.2) is 12.4 Å². The fraction of sp³-hybridized carbons (Fsp3) is 0.660. The van der Waals surface area contributed by atoms with E-state index >= 15 is 0 Å². The lowest BCUT2D eigenvalue weighted by atomic mass is 9.96. The molecule has 1 saturated heterocycles. The highest BCUT2D eigenvalue weighted by Gasteiger charge is 2.38. The number of amides is 8. The summed E-state index contributed by atoms with van der Waals surface area (Å²) >= 11 is 1.41. The number of thioether (sulfide) groups is 1. The molecule has 0 aliphatic carbocycles. The zero-order chi connectivity index (χ0) is 57.8. The van der Waals surface area contributed by atoms with Gasteiger partial charge in [0.05, 0.1) is 17.7 Å². The normalized spacial score (nSPS) is 13.3. The van der Waals surface area contributed by atoms with Crippen LogP contribution in [0.3, 0.4) is 0 Å². The standard InChI is InChI=1S/C53H82N8O16S/c1-38(54)17-16-32-78-45-35-50(69)58(52(45)71)28-14-8-18-41(53(72)73)33-43(64)36-57-51(70)40-19-15-21-44(34-40)77-37-47(66)56-27-10-6-13-31-60(75)48(67)24-22-42(63)20-7-3-4-11-30-61(76)49(68)25-23-46(65)55-26-9-5-12-29-59(74)39(2)62/h15,19,21,34,41,45,54,74-76H,3-14,16-18,20,22-33,35-37H2,1-2H3,(H,55,65)(H,56,66)(H,57,70)(H,72,73)/t41-,45?/m1/s1. The minimum Gasteiger partial charge on any atom is -0.484 e. The molecule has 1 aliphatic rings. The van der Waals surface area contributed by atoms with Crippen LogP contribution >= 0.6 is 11.8 Å². The number of hydrogen-bond acceptors (Lipinski definition) is 17. The lowest BCUT2D eigenvalue weighted by Crippen LogP contribution is -2.33. The van der Waals surface area contributed by atoms with Gasteiger partial charge in [-0.3, -0.25) is 73.3 Å². The first-order valence-electron chi connectivity index (χ1n) is 26.9. The second-order valence-corrected chi connectivity index (χ2v) is 20.6. The Labute approximate surface area is 460 Å². The van der Waals surface area contributed by atoms with Crippen LogP contribution in [-0.4, -0.2) is 175 Å². The number of ether oxygens (including phenoxy) is 1. The molecule has 8 amide bonds. The molecule has 8 N–H and O–H groups in total. The summed E-state index contributed by atoms with van der Waals surface area (Å²) in [5.74, 6) is -5.42. The number of hydrogen-bond donors (Lipinski definition) is 8. The largest absolute Gasteiger partial charge is 0.484 e. The summed E-state index contributed by atoms with van der Waals surface area (Å²) in [4.78, 5) is 136. The first-order chi connectivity index (χ1) is 37.2. The van der Waals surface area contributed by atoms with Crippen LogP contribution in [0.25, 0.3) is 0 Å². The summed E-state index contributed by atoms with van der Waals surface area (Å²) in [6.45, 7) is 3.39. The van der Waals surface area contributed by atoms with Crippen LogP contribution in [0.5, 0.6) is 5.75 Å². The second-order valence-electron chi connectivity index (χ2n) is 19.3. The molecule has 1 fully saturated rings. The highest BCUT2D eigenvalue weighted by Crippen LogP contribution is 2.27. The Hall–Kier alpha value is -6.31. The Balaban J connectivity index is 1.51. The number of benzene rings is 1. The lowest BCUT2D eigenvalue weighted by Gasteiger charge is -2.16. The van der Waals surface area contributed by atoms with E-state index in [0.717, 1.165) is 6.42 Å². The number of Topliss-reactive ketones (excluding diaryl/α,β-unsaturated/α-hetero) is 2. The fourth-order valence-corrected chi connectivity index (χ4v) is 9.10. The van der Waals surface area contributed by atoms with E-state index in [-0.39, 0.29) is 119 Å². The molecule has 25 heteroatoms. The van der Waals surface area contributed by atoms with Gasteiger partial charge in [-0.05, 0) is 108 Å². The molecule has 0 radical (unpaired) electrons. The van der Waals surface area contributed by atoms with Gasteiger partial charge < -0.3 is 31.2 Å². The molecule has 1 aromatic rings. The average molecular weight is 1120 g/mol. The summed E-state index contributed by atoms with van der Waals surface area (Å²) in [7, 11) is 0. The summed E-state index contributed by atoms with van der Waals surface area (Å²) < 4.78 is 5.54. The van der Waals surface area contributed by atoms with E-state index < -0.39 is 59.0 Å². The number of carbonyl (C=O) groups excluding carboxylic acids is 10. The van der Waals surface area contributed by atoms with Gasteiger partial charge in [-0.1, -0.05) is 25.3 Å². The van der Waals surface area contributed by atoms with Crippen LogP contribution in [-0.2, 0) is 47.9 Å². The topological polar surface area (TPSA) is 351 Å². The molecule has 0 aromatic heterocycles. The number of likely N-dealkylation sites (tertiary alicyclic amines) is 1. The van der Waals surface area contributed by atoms with Crippen LogP contribution in [0, 0.1) is 11.3 Å². The SMILES string of the molecule is CC(=N)CCCSC1CC(=O)N(CCCC[C@H](CC(=O)CNC(=O)c2cccc(OCC(=O)NCCCCCN(O)C(=O)CCC(=O)CCCCCCN(O)C(=O)CCC(=O)NCCCCCN(O)C(C)=O)c2)C(=O)O)C1=O. The van der Waals surface area contributed by atoms with Crippen molar-refractivity contribution in [2.24, 2.45) is 5.92 Å². The molecular weight excluding hydrogens is 1040 g/mol. The first-order valence-corrected chi connectivity index (χ1v) is 28.0. The summed E-state index contributed by atoms with van der Waals surface area (Å²) in [6.07, 6.45) is 7.72. The fourth-order valence-electron chi connectivity index (χ4n) is 7.97. The third-order valence-corrected chi connectivity index (χ3v) is 13.9. The van der Waals surface area contributed by atoms with Gasteiger partial charge >= 0.3 is 5.97 Å². The van der Waals surface area contributed by atoms with E-state index in [9.17, 15) is 73.5 Å². The maximum atomic E-state index is 12.8. The number of carboxylic acid groups (broad SMARTS) is 1. The van der Waals surface area contributed by atoms with E-state index in [4.69, 9.17) is 10.1 Å². The van der Waals surface area contributed by atoms with Gasteiger partial charge in [-0.25, -0.2) is 15.2 Å². The number of imide groups is 1. The molecule has 0 spiro atoms. The van der Waals surface area contributed by atoms with E-state index in [2.05, 4.69) is 16.0 Å². The Kier molecular flexibility index (Phi) is 34.0. The average Bonchev–Trinajstić information content (AvgIpc) is 3.68. The summed E-state index contributed by atoms with van der Waals surface area (Å²) in [5.41, 5.74) is 0.704. The Morgan fingerprint density at radius 1 is 0.692 bits per heavy atom. The summed E-state index contributed by atoms with van der Waals surface area (Å²) in [6, 6.07) is 5.94. The molecule has 78 heavy (non-hydrogen) atoms. The van der Waals surface area contributed by atoms with Crippen LogP contribution < -0.4 is 20.7 Å². The molecule has 1 aromatic carbocycles. The van der Waals surface area contributed by atoms with Gasteiger partial charge in [-0.2, -0.15) is 0 Å². The Bertz CT molecular complexity index is 2160. The van der Waals surface area contributed by atoms with Gasteiger partial charge in [0.1, 0.15) is 11.5 Å². The zero-order valence-corrected chi connectivity index (χ0v) is 46.1.